The molecule has 0 aliphatic heterocycles. The van der Waals surface area contributed by atoms with Crippen LogP contribution < -0.4 is 10.5 Å². The van der Waals surface area contributed by atoms with Crippen molar-refractivity contribution in [1.82, 2.24) is 0 Å². The van der Waals surface area contributed by atoms with E-state index >= 15 is 0 Å². The highest BCUT2D eigenvalue weighted by Gasteiger charge is 2.15. The summed E-state index contributed by atoms with van der Waals surface area (Å²) in [4.78, 5) is 0. The molecule has 1 unspecified atom stereocenters. The maximum absolute atomic E-state index is 5.90. The Morgan fingerprint density at radius 3 is 2.45 bits per heavy atom. The number of nitrogens with two attached hydrogens (primary N) is 1. The summed E-state index contributed by atoms with van der Waals surface area (Å²) < 4.78 is 11.5. The molecule has 0 radical (unpaired) electrons. The second-order valence-electron chi connectivity index (χ2n) is 5.04. The van der Waals surface area contributed by atoms with Crippen LogP contribution in [0.2, 0.25) is 0 Å². The van der Waals surface area contributed by atoms with Crippen LogP contribution in [-0.4, -0.2) is 6.54 Å². The molecule has 3 heteroatoms. The molecular formula is C17H23NO2. The lowest BCUT2D eigenvalue weighted by Gasteiger charge is -2.15. The van der Waals surface area contributed by atoms with Crippen molar-refractivity contribution < 1.29 is 9.15 Å². The maximum Gasteiger partial charge on any atom is 0.168 e. The van der Waals surface area contributed by atoms with Crippen LogP contribution in [-0.2, 0) is 6.42 Å². The van der Waals surface area contributed by atoms with Crippen LogP contribution in [0.25, 0.3) is 0 Å². The zero-order chi connectivity index (χ0) is 14.4. The van der Waals surface area contributed by atoms with E-state index in [9.17, 15) is 0 Å². The average molecular weight is 273 g/mol. The van der Waals surface area contributed by atoms with Crippen LogP contribution in [0.5, 0.6) is 5.75 Å². The highest BCUT2D eigenvalue weighted by atomic mass is 16.5. The molecule has 20 heavy (non-hydrogen) atoms. The molecule has 3 nitrogen and oxygen atoms in total. The number of unbranched alkanes of at least 4 members (excludes halogenated alkanes) is 1. The van der Waals surface area contributed by atoms with E-state index in [1.165, 1.54) is 18.4 Å². The van der Waals surface area contributed by atoms with Crippen molar-refractivity contribution in [2.45, 2.75) is 39.2 Å². The van der Waals surface area contributed by atoms with E-state index in [-0.39, 0.29) is 6.10 Å². The second kappa shape index (κ2) is 7.15. The van der Waals surface area contributed by atoms with Gasteiger partial charge in [-0.25, -0.2) is 0 Å². The Morgan fingerprint density at radius 1 is 1.15 bits per heavy atom. The van der Waals surface area contributed by atoms with Gasteiger partial charge in [-0.3, -0.25) is 0 Å². The molecule has 1 atom stereocenters. The van der Waals surface area contributed by atoms with Gasteiger partial charge in [0.25, 0.3) is 0 Å². The van der Waals surface area contributed by atoms with Crippen molar-refractivity contribution in [3.05, 3.63) is 53.5 Å². The lowest BCUT2D eigenvalue weighted by Crippen LogP contribution is -2.17. The number of hydrogen-bond acceptors (Lipinski definition) is 3. The van der Waals surface area contributed by atoms with E-state index in [4.69, 9.17) is 14.9 Å². The number of aryl methyl sites for hydroxylation is 2. The molecule has 2 aromatic rings. The van der Waals surface area contributed by atoms with Gasteiger partial charge in [-0.1, -0.05) is 25.5 Å². The Labute approximate surface area is 120 Å². The Kier molecular flexibility index (Phi) is 5.24. The minimum absolute atomic E-state index is 0.231. The number of hydrogen-bond donors (Lipinski definition) is 1. The van der Waals surface area contributed by atoms with Crippen LogP contribution in [0.15, 0.2) is 40.8 Å². The molecule has 0 spiro atoms. The summed E-state index contributed by atoms with van der Waals surface area (Å²) in [6, 6.07) is 12.1. The molecule has 0 amide bonds. The fourth-order valence-electron chi connectivity index (χ4n) is 2.13. The lowest BCUT2D eigenvalue weighted by molar-refractivity contribution is 0.182. The van der Waals surface area contributed by atoms with Crippen molar-refractivity contribution in [2.75, 3.05) is 6.54 Å². The number of rotatable bonds is 7. The van der Waals surface area contributed by atoms with Gasteiger partial charge in [0.15, 0.2) is 6.10 Å². The van der Waals surface area contributed by atoms with Crippen molar-refractivity contribution in [1.29, 1.82) is 0 Å². The van der Waals surface area contributed by atoms with Gasteiger partial charge in [-0.2, -0.15) is 0 Å². The first-order chi connectivity index (χ1) is 9.72. The van der Waals surface area contributed by atoms with Crippen LogP contribution in [0.3, 0.4) is 0 Å². The molecule has 1 heterocycles. The fraction of sp³-hybridized carbons (Fsp3) is 0.412. The fourth-order valence-corrected chi connectivity index (χ4v) is 2.13. The first-order valence-corrected chi connectivity index (χ1v) is 7.25. The summed E-state index contributed by atoms with van der Waals surface area (Å²) in [5.41, 5.74) is 7.12. The van der Waals surface area contributed by atoms with Gasteiger partial charge in [-0.05, 0) is 49.6 Å². The zero-order valence-electron chi connectivity index (χ0n) is 12.3. The van der Waals surface area contributed by atoms with Gasteiger partial charge >= 0.3 is 0 Å². The summed E-state index contributed by atoms with van der Waals surface area (Å²) in [6.45, 7) is 4.51. The van der Waals surface area contributed by atoms with Crippen molar-refractivity contribution in [2.24, 2.45) is 5.73 Å². The van der Waals surface area contributed by atoms with Gasteiger partial charge in [0, 0.05) is 6.54 Å². The molecule has 0 saturated carbocycles. The molecule has 1 aromatic carbocycles. The van der Waals surface area contributed by atoms with Crippen LogP contribution in [0.4, 0.5) is 0 Å². The molecule has 0 aliphatic carbocycles. The Morgan fingerprint density at radius 2 is 1.90 bits per heavy atom. The molecule has 2 rings (SSSR count). The topological polar surface area (TPSA) is 48.4 Å². The minimum Gasteiger partial charge on any atom is -0.481 e. The highest BCUT2D eigenvalue weighted by Crippen LogP contribution is 2.23. The summed E-state index contributed by atoms with van der Waals surface area (Å²) in [5.74, 6) is 2.48. The smallest absolute Gasteiger partial charge is 0.168 e. The van der Waals surface area contributed by atoms with E-state index in [2.05, 4.69) is 19.1 Å². The Bertz CT molecular complexity index is 516. The highest BCUT2D eigenvalue weighted by molar-refractivity contribution is 5.28. The van der Waals surface area contributed by atoms with Gasteiger partial charge in [0.1, 0.15) is 17.3 Å². The van der Waals surface area contributed by atoms with Gasteiger partial charge in [0.2, 0.25) is 0 Å². The predicted octanol–water partition coefficient (Wildman–Crippen LogP) is 4.01. The van der Waals surface area contributed by atoms with E-state index in [0.717, 1.165) is 23.7 Å². The Hall–Kier alpha value is -1.74. The molecule has 0 bridgehead atoms. The van der Waals surface area contributed by atoms with Crippen molar-refractivity contribution >= 4 is 0 Å². The van der Waals surface area contributed by atoms with Gasteiger partial charge < -0.3 is 14.9 Å². The van der Waals surface area contributed by atoms with E-state index in [1.807, 2.05) is 31.2 Å². The van der Waals surface area contributed by atoms with Crippen LogP contribution in [0.1, 0.15) is 43.0 Å². The minimum atomic E-state index is -0.231. The normalized spacial score (nSPS) is 12.3. The van der Waals surface area contributed by atoms with E-state index in [0.29, 0.717) is 6.54 Å². The molecule has 108 valence electrons. The van der Waals surface area contributed by atoms with Crippen molar-refractivity contribution in [3.63, 3.8) is 0 Å². The summed E-state index contributed by atoms with van der Waals surface area (Å²) in [6.07, 6.45) is 3.32. The van der Waals surface area contributed by atoms with Gasteiger partial charge in [0.05, 0.1) is 0 Å². The number of ether oxygens (including phenoxy) is 1. The maximum atomic E-state index is 5.90. The van der Waals surface area contributed by atoms with Crippen LogP contribution >= 0.6 is 0 Å². The second-order valence-corrected chi connectivity index (χ2v) is 5.04. The molecule has 2 N–H and O–H groups in total. The molecule has 0 fully saturated rings. The zero-order valence-corrected chi connectivity index (χ0v) is 12.3. The first kappa shape index (κ1) is 14.7. The third kappa shape index (κ3) is 3.87. The van der Waals surface area contributed by atoms with Crippen molar-refractivity contribution in [3.8, 4) is 5.75 Å². The first-order valence-electron chi connectivity index (χ1n) is 7.25. The standard InChI is InChI=1S/C17H23NO2/c1-3-4-5-14-7-9-15(10-8-14)20-17(12-18)16-11-6-13(2)19-16/h6-11,17H,3-5,12,18H2,1-2H3. The number of benzene rings is 1. The monoisotopic (exact) mass is 273 g/mol. The number of furan rings is 1. The molecule has 0 aliphatic rings. The SMILES string of the molecule is CCCCc1ccc(OC(CN)c2ccc(C)o2)cc1. The third-order valence-electron chi connectivity index (χ3n) is 3.31. The van der Waals surface area contributed by atoms with E-state index < -0.39 is 0 Å². The quantitative estimate of drug-likeness (QED) is 0.829. The third-order valence-corrected chi connectivity index (χ3v) is 3.31. The van der Waals surface area contributed by atoms with E-state index in [1.54, 1.807) is 0 Å². The van der Waals surface area contributed by atoms with Crippen LogP contribution in [0, 0.1) is 6.92 Å². The molecule has 1 aromatic heterocycles. The molecular weight excluding hydrogens is 250 g/mol. The largest absolute Gasteiger partial charge is 0.481 e. The van der Waals surface area contributed by atoms with Gasteiger partial charge in [-0.15, -0.1) is 0 Å². The average Bonchev–Trinajstić information content (AvgIpc) is 2.90. The Balaban J connectivity index is 2.00. The predicted molar refractivity (Wildman–Crippen MR) is 80.9 cm³/mol. The summed E-state index contributed by atoms with van der Waals surface area (Å²) >= 11 is 0. The molecule has 0 saturated heterocycles. The lowest BCUT2D eigenvalue weighted by atomic mass is 10.1. The summed E-state index contributed by atoms with van der Waals surface area (Å²) in [7, 11) is 0. The summed E-state index contributed by atoms with van der Waals surface area (Å²) in [5, 5.41) is 0.